The number of aliphatic imine (C=N–C) groups is 1. The Balaban J connectivity index is 1.69. The lowest BCUT2D eigenvalue weighted by Crippen LogP contribution is -2.44. The van der Waals surface area contributed by atoms with E-state index in [0.717, 1.165) is 17.8 Å². The van der Waals surface area contributed by atoms with Crippen molar-refractivity contribution in [3.63, 3.8) is 0 Å². The first-order valence-corrected chi connectivity index (χ1v) is 12.2. The molecule has 2 atom stereocenters. The molecular weight excluding hydrogens is 499 g/mol. The van der Waals surface area contributed by atoms with Gasteiger partial charge in [-0.3, -0.25) is 9.79 Å². The minimum atomic E-state index is -4.45. The lowest BCUT2D eigenvalue weighted by molar-refractivity contribution is -0.138. The van der Waals surface area contributed by atoms with E-state index in [9.17, 15) is 22.8 Å². The van der Waals surface area contributed by atoms with Gasteiger partial charge in [0.1, 0.15) is 12.4 Å². The molecule has 0 N–H and O–H groups in total. The second-order valence-electron chi connectivity index (χ2n) is 10.4. The van der Waals surface area contributed by atoms with E-state index >= 15 is 0 Å². The number of alkyl halides is 3. The summed E-state index contributed by atoms with van der Waals surface area (Å²) in [5.41, 5.74) is 1.56. The summed E-state index contributed by atoms with van der Waals surface area (Å²) in [6, 6.07) is 9.98. The number of esters is 1. The van der Waals surface area contributed by atoms with E-state index < -0.39 is 29.5 Å². The molecule has 2 aromatic rings. The molecule has 1 heterocycles. The number of rotatable bonds is 6. The number of carbonyl (C=O) groups excluding carboxylic acids is 2. The molecule has 2 aromatic carbocycles. The first-order valence-electron chi connectivity index (χ1n) is 12.2. The van der Waals surface area contributed by atoms with Gasteiger partial charge in [0.25, 0.3) is 0 Å². The van der Waals surface area contributed by atoms with E-state index in [4.69, 9.17) is 14.2 Å². The Kier molecular flexibility index (Phi) is 7.41. The molecule has 1 aliphatic carbocycles. The number of hydrogen-bond donors (Lipinski definition) is 0. The standard InChI is InChI=1S/C29H30F3NO5/c1-16-24(27(35)37-5)25(26-20(33-16)13-28(2,3)14-21(26)34)18-9-10-22(23(12-18)36-4)38-15-17-7-6-8-19(11-17)29(30,31)32/h6-12,25-26H,13-15H2,1-5H3. The summed E-state index contributed by atoms with van der Waals surface area (Å²) in [6.45, 7) is 5.67. The summed E-state index contributed by atoms with van der Waals surface area (Å²) in [5, 5.41) is 0. The van der Waals surface area contributed by atoms with Crippen molar-refractivity contribution in [2.75, 3.05) is 14.2 Å². The molecule has 1 fully saturated rings. The maximum atomic E-state index is 13.4. The molecule has 9 heteroatoms. The maximum Gasteiger partial charge on any atom is 0.416 e. The second-order valence-corrected chi connectivity index (χ2v) is 10.4. The minimum Gasteiger partial charge on any atom is -0.493 e. The van der Waals surface area contributed by atoms with Gasteiger partial charge in [-0.15, -0.1) is 0 Å². The van der Waals surface area contributed by atoms with Crippen molar-refractivity contribution >= 4 is 17.5 Å². The number of methoxy groups -OCH3 is 2. The van der Waals surface area contributed by atoms with E-state index in [1.165, 1.54) is 20.3 Å². The largest absolute Gasteiger partial charge is 0.493 e. The zero-order valence-electron chi connectivity index (χ0n) is 21.9. The van der Waals surface area contributed by atoms with Crippen LogP contribution in [0.4, 0.5) is 13.2 Å². The van der Waals surface area contributed by atoms with E-state index in [1.54, 1.807) is 31.2 Å². The number of allylic oxidation sites excluding steroid dienone is 1. The van der Waals surface area contributed by atoms with Gasteiger partial charge in [0, 0.05) is 23.7 Å². The lowest BCUT2D eigenvalue weighted by atomic mass is 9.63. The summed E-state index contributed by atoms with van der Waals surface area (Å²) in [6.07, 6.45) is -3.47. The van der Waals surface area contributed by atoms with Crippen molar-refractivity contribution in [3.05, 3.63) is 70.4 Å². The fourth-order valence-electron chi connectivity index (χ4n) is 5.32. The van der Waals surface area contributed by atoms with Gasteiger partial charge in [-0.2, -0.15) is 13.2 Å². The third kappa shape index (κ3) is 5.47. The van der Waals surface area contributed by atoms with Crippen LogP contribution < -0.4 is 9.47 Å². The Morgan fingerprint density at radius 3 is 2.45 bits per heavy atom. The minimum absolute atomic E-state index is 0.00254. The summed E-state index contributed by atoms with van der Waals surface area (Å²) < 4.78 is 55.6. The van der Waals surface area contributed by atoms with Gasteiger partial charge in [-0.1, -0.05) is 32.0 Å². The third-order valence-corrected chi connectivity index (χ3v) is 6.96. The van der Waals surface area contributed by atoms with Gasteiger partial charge in [0.15, 0.2) is 11.5 Å². The predicted molar refractivity (Wildman–Crippen MR) is 135 cm³/mol. The first-order chi connectivity index (χ1) is 17.8. The Morgan fingerprint density at radius 1 is 1.05 bits per heavy atom. The number of hydrogen-bond acceptors (Lipinski definition) is 6. The maximum absolute atomic E-state index is 13.4. The van der Waals surface area contributed by atoms with Crippen molar-refractivity contribution in [2.24, 2.45) is 16.3 Å². The molecular formula is C29H30F3NO5. The van der Waals surface area contributed by atoms with Crippen molar-refractivity contribution < 1.29 is 37.0 Å². The average molecular weight is 530 g/mol. The summed E-state index contributed by atoms with van der Waals surface area (Å²) in [7, 11) is 2.73. The van der Waals surface area contributed by atoms with Gasteiger partial charge >= 0.3 is 12.1 Å². The molecule has 1 aliphatic heterocycles. The molecule has 38 heavy (non-hydrogen) atoms. The molecule has 2 aliphatic rings. The molecule has 0 aromatic heterocycles. The Hall–Kier alpha value is -3.62. The van der Waals surface area contributed by atoms with Gasteiger partial charge in [-0.25, -0.2) is 4.79 Å². The van der Waals surface area contributed by atoms with E-state index in [-0.39, 0.29) is 17.8 Å². The lowest BCUT2D eigenvalue weighted by Gasteiger charge is -2.41. The number of benzene rings is 2. The third-order valence-electron chi connectivity index (χ3n) is 6.96. The van der Waals surface area contributed by atoms with E-state index in [2.05, 4.69) is 4.99 Å². The van der Waals surface area contributed by atoms with Crippen LogP contribution in [-0.2, 0) is 27.1 Å². The second kappa shape index (κ2) is 10.3. The van der Waals surface area contributed by atoms with Gasteiger partial charge in [-0.05, 0) is 54.2 Å². The van der Waals surface area contributed by atoms with Crippen LogP contribution in [0.25, 0.3) is 0 Å². The first kappa shape index (κ1) is 27.4. The molecule has 2 unspecified atom stereocenters. The fraction of sp³-hybridized carbons (Fsp3) is 0.414. The fourth-order valence-corrected chi connectivity index (χ4v) is 5.32. The molecule has 0 spiro atoms. The topological polar surface area (TPSA) is 74.2 Å². The van der Waals surface area contributed by atoms with Crippen LogP contribution in [-0.4, -0.2) is 31.7 Å². The number of Topliss-reactive ketones (excluding diaryl/α,β-unsaturated/α-hetero) is 1. The van der Waals surface area contributed by atoms with Crippen LogP contribution in [0.1, 0.15) is 56.2 Å². The van der Waals surface area contributed by atoms with Gasteiger partial charge in [0.2, 0.25) is 0 Å². The SMILES string of the molecule is COC(=O)C1=C(C)N=C2CC(C)(C)CC(=O)C2C1c1ccc(OCc2cccc(C(F)(F)F)c2)c(OC)c1. The molecule has 0 bridgehead atoms. The molecule has 1 saturated carbocycles. The van der Waals surface area contributed by atoms with Crippen molar-refractivity contribution in [3.8, 4) is 11.5 Å². The molecule has 0 radical (unpaired) electrons. The highest BCUT2D eigenvalue weighted by Gasteiger charge is 2.47. The Labute approximate surface area is 219 Å². The average Bonchev–Trinajstić information content (AvgIpc) is 2.85. The van der Waals surface area contributed by atoms with Crippen molar-refractivity contribution in [1.82, 2.24) is 0 Å². The quantitative estimate of drug-likeness (QED) is 0.412. The predicted octanol–water partition coefficient (Wildman–Crippen LogP) is 6.28. The zero-order valence-corrected chi connectivity index (χ0v) is 21.9. The molecule has 202 valence electrons. The number of fused-ring (bicyclic) bond motifs is 1. The summed E-state index contributed by atoms with van der Waals surface area (Å²) >= 11 is 0. The van der Waals surface area contributed by atoms with Crippen LogP contribution in [0.3, 0.4) is 0 Å². The number of nitrogens with zero attached hydrogens (tertiary/aromatic N) is 1. The molecule has 0 saturated heterocycles. The smallest absolute Gasteiger partial charge is 0.416 e. The molecule has 0 amide bonds. The number of halogens is 3. The Bertz CT molecular complexity index is 1330. The van der Waals surface area contributed by atoms with Crippen LogP contribution in [0.15, 0.2) is 58.7 Å². The normalized spacial score (nSPS) is 20.9. The number of ether oxygens (including phenoxy) is 3. The summed E-state index contributed by atoms with van der Waals surface area (Å²) in [4.78, 5) is 30.9. The number of carbonyl (C=O) groups is 2. The highest BCUT2D eigenvalue weighted by atomic mass is 19.4. The van der Waals surface area contributed by atoms with Gasteiger partial charge in [0.05, 0.1) is 31.3 Å². The highest BCUT2D eigenvalue weighted by Crippen LogP contribution is 2.48. The van der Waals surface area contributed by atoms with Gasteiger partial charge < -0.3 is 14.2 Å². The van der Waals surface area contributed by atoms with E-state index in [1.807, 2.05) is 13.8 Å². The Morgan fingerprint density at radius 2 is 1.79 bits per heavy atom. The van der Waals surface area contributed by atoms with Crippen molar-refractivity contribution in [2.45, 2.75) is 52.3 Å². The van der Waals surface area contributed by atoms with Crippen LogP contribution >= 0.6 is 0 Å². The monoisotopic (exact) mass is 529 g/mol. The number of ketones is 1. The van der Waals surface area contributed by atoms with E-state index in [0.29, 0.717) is 46.7 Å². The van der Waals surface area contributed by atoms with Crippen LogP contribution in [0, 0.1) is 11.3 Å². The molecule has 4 rings (SSSR count). The molecule has 6 nitrogen and oxygen atoms in total. The zero-order chi connectivity index (χ0) is 27.8. The van der Waals surface area contributed by atoms with Crippen molar-refractivity contribution in [1.29, 1.82) is 0 Å². The highest BCUT2D eigenvalue weighted by molar-refractivity contribution is 6.12. The van der Waals surface area contributed by atoms with Crippen LogP contribution in [0.2, 0.25) is 0 Å². The summed E-state index contributed by atoms with van der Waals surface area (Å²) in [5.74, 6) is -1.15. The van der Waals surface area contributed by atoms with Crippen LogP contribution in [0.5, 0.6) is 11.5 Å².